The van der Waals surface area contributed by atoms with Gasteiger partial charge in [0.05, 0.1) is 0 Å². The van der Waals surface area contributed by atoms with Crippen LogP contribution in [0.5, 0.6) is 0 Å². The van der Waals surface area contributed by atoms with E-state index in [1.165, 1.54) is 0 Å². The van der Waals surface area contributed by atoms with E-state index in [-0.39, 0.29) is 17.4 Å². The maximum atomic E-state index is 12.3. The van der Waals surface area contributed by atoms with E-state index in [0.29, 0.717) is 11.1 Å². The van der Waals surface area contributed by atoms with Crippen LogP contribution in [0.2, 0.25) is 0 Å². The first-order valence-corrected chi connectivity index (χ1v) is 7.56. The Kier molecular flexibility index (Phi) is 4.84. The Morgan fingerprint density at radius 2 is 1.35 bits per heavy atom. The normalized spacial score (nSPS) is 11.0. The van der Waals surface area contributed by atoms with Gasteiger partial charge in [0.15, 0.2) is 0 Å². The van der Waals surface area contributed by atoms with Crippen LogP contribution in [-0.4, -0.2) is 17.4 Å². The topological polar surface area (TPSA) is 58.2 Å². The summed E-state index contributed by atoms with van der Waals surface area (Å²) in [6.45, 7) is 7.72. The first-order valence-electron chi connectivity index (χ1n) is 7.56. The Balaban J connectivity index is 2.09. The maximum absolute atomic E-state index is 12.3. The molecular weight excluding hydrogens is 288 g/mol. The van der Waals surface area contributed by atoms with Crippen molar-refractivity contribution in [3.05, 3.63) is 65.2 Å². The zero-order valence-electron chi connectivity index (χ0n) is 13.9. The molecule has 0 saturated heterocycles. The molecule has 0 fully saturated rings. The van der Waals surface area contributed by atoms with E-state index in [2.05, 4.69) is 10.6 Å². The van der Waals surface area contributed by atoms with E-state index >= 15 is 0 Å². The Bertz CT molecular complexity index is 713. The van der Waals surface area contributed by atoms with Crippen molar-refractivity contribution < 1.29 is 9.59 Å². The highest BCUT2D eigenvalue weighted by molar-refractivity contribution is 6.05. The van der Waals surface area contributed by atoms with Crippen LogP contribution in [0, 0.1) is 6.92 Å². The predicted octanol–water partition coefficient (Wildman–Crippen LogP) is 3.78. The molecule has 0 aliphatic carbocycles. The minimum Gasteiger partial charge on any atom is -0.347 e. The fourth-order valence-corrected chi connectivity index (χ4v) is 2.09. The minimum atomic E-state index is -0.294. The highest BCUT2D eigenvalue weighted by Crippen LogP contribution is 2.15. The number of anilines is 1. The van der Waals surface area contributed by atoms with Crippen LogP contribution < -0.4 is 10.6 Å². The van der Waals surface area contributed by atoms with Gasteiger partial charge in [0.2, 0.25) is 0 Å². The van der Waals surface area contributed by atoms with Crippen molar-refractivity contribution in [2.24, 2.45) is 0 Å². The number of aryl methyl sites for hydroxylation is 1. The van der Waals surface area contributed by atoms with Crippen molar-refractivity contribution >= 4 is 17.5 Å². The number of rotatable bonds is 3. The molecule has 0 aliphatic heterocycles. The summed E-state index contributed by atoms with van der Waals surface area (Å²) in [5.41, 5.74) is 2.54. The molecule has 23 heavy (non-hydrogen) atoms. The summed E-state index contributed by atoms with van der Waals surface area (Å²) in [4.78, 5) is 24.3. The van der Waals surface area contributed by atoms with Gasteiger partial charge in [-0.2, -0.15) is 0 Å². The molecule has 4 heteroatoms. The lowest BCUT2D eigenvalue weighted by molar-refractivity contribution is 0.0918. The van der Waals surface area contributed by atoms with Gasteiger partial charge < -0.3 is 10.6 Å². The van der Waals surface area contributed by atoms with Gasteiger partial charge in [-0.25, -0.2) is 0 Å². The molecule has 0 atom stereocenters. The highest BCUT2D eigenvalue weighted by Gasteiger charge is 2.15. The lowest BCUT2D eigenvalue weighted by Crippen LogP contribution is -2.40. The van der Waals surface area contributed by atoms with Gasteiger partial charge in [0.25, 0.3) is 11.8 Å². The van der Waals surface area contributed by atoms with Crippen LogP contribution in [0.25, 0.3) is 0 Å². The molecule has 0 aromatic heterocycles. The van der Waals surface area contributed by atoms with Crippen LogP contribution >= 0.6 is 0 Å². The van der Waals surface area contributed by atoms with Gasteiger partial charge in [0, 0.05) is 22.4 Å². The second-order valence-corrected chi connectivity index (χ2v) is 6.55. The third kappa shape index (κ3) is 4.68. The third-order valence-corrected chi connectivity index (χ3v) is 3.29. The number of para-hydroxylation sites is 1. The Labute approximate surface area is 136 Å². The molecular formula is C19H22N2O2. The molecule has 0 unspecified atom stereocenters. The Hall–Kier alpha value is -2.62. The molecule has 2 rings (SSSR count). The molecule has 2 aromatic rings. The number of nitrogens with one attached hydrogen (secondary N) is 2. The standard InChI is InChI=1S/C19H22N2O2/c1-13-7-5-6-8-16(13)20-17(22)14-9-11-15(12-10-14)18(23)21-19(2,3)4/h5-12H,1-4H3,(H,20,22)(H,21,23). The minimum absolute atomic E-state index is 0.150. The Morgan fingerprint density at radius 1 is 0.826 bits per heavy atom. The number of amides is 2. The summed E-state index contributed by atoms with van der Waals surface area (Å²) in [6, 6.07) is 14.2. The van der Waals surface area contributed by atoms with E-state index < -0.39 is 0 Å². The molecule has 4 nitrogen and oxygen atoms in total. The highest BCUT2D eigenvalue weighted by atomic mass is 16.2. The van der Waals surface area contributed by atoms with Gasteiger partial charge in [-0.3, -0.25) is 9.59 Å². The van der Waals surface area contributed by atoms with Gasteiger partial charge in [0.1, 0.15) is 0 Å². The van der Waals surface area contributed by atoms with Crippen molar-refractivity contribution in [1.29, 1.82) is 0 Å². The van der Waals surface area contributed by atoms with E-state index in [0.717, 1.165) is 11.3 Å². The number of carbonyl (C=O) groups excluding carboxylic acids is 2. The van der Waals surface area contributed by atoms with Crippen LogP contribution in [0.3, 0.4) is 0 Å². The zero-order valence-corrected chi connectivity index (χ0v) is 13.9. The summed E-state index contributed by atoms with van der Waals surface area (Å²) in [6.07, 6.45) is 0. The summed E-state index contributed by atoms with van der Waals surface area (Å²) >= 11 is 0. The average molecular weight is 310 g/mol. The van der Waals surface area contributed by atoms with E-state index in [4.69, 9.17) is 0 Å². The maximum Gasteiger partial charge on any atom is 0.255 e. The van der Waals surface area contributed by atoms with Crippen LogP contribution in [-0.2, 0) is 0 Å². The molecule has 0 aliphatic rings. The first kappa shape index (κ1) is 16.7. The molecule has 2 aromatic carbocycles. The van der Waals surface area contributed by atoms with E-state index in [1.807, 2.05) is 52.0 Å². The van der Waals surface area contributed by atoms with Crippen LogP contribution in [0.15, 0.2) is 48.5 Å². The largest absolute Gasteiger partial charge is 0.347 e. The van der Waals surface area contributed by atoms with E-state index in [9.17, 15) is 9.59 Å². The second kappa shape index (κ2) is 6.65. The molecule has 0 saturated carbocycles. The third-order valence-electron chi connectivity index (χ3n) is 3.29. The lowest BCUT2D eigenvalue weighted by Gasteiger charge is -2.20. The molecule has 0 bridgehead atoms. The number of hydrogen-bond acceptors (Lipinski definition) is 2. The number of benzene rings is 2. The number of carbonyl (C=O) groups is 2. The van der Waals surface area contributed by atoms with Gasteiger partial charge in [-0.1, -0.05) is 18.2 Å². The lowest BCUT2D eigenvalue weighted by atomic mass is 10.1. The molecule has 0 heterocycles. The summed E-state index contributed by atoms with van der Waals surface area (Å²) in [5, 5.41) is 5.77. The summed E-state index contributed by atoms with van der Waals surface area (Å²) in [7, 11) is 0. The monoisotopic (exact) mass is 310 g/mol. The molecule has 0 radical (unpaired) electrons. The fraction of sp³-hybridized carbons (Fsp3) is 0.263. The van der Waals surface area contributed by atoms with Gasteiger partial charge in [-0.05, 0) is 63.6 Å². The van der Waals surface area contributed by atoms with Gasteiger partial charge in [-0.15, -0.1) is 0 Å². The van der Waals surface area contributed by atoms with E-state index in [1.54, 1.807) is 24.3 Å². The Morgan fingerprint density at radius 3 is 1.87 bits per heavy atom. The molecule has 2 amide bonds. The molecule has 120 valence electrons. The smallest absolute Gasteiger partial charge is 0.255 e. The van der Waals surface area contributed by atoms with Crippen molar-refractivity contribution in [2.75, 3.05) is 5.32 Å². The average Bonchev–Trinajstić information content (AvgIpc) is 2.48. The number of hydrogen-bond donors (Lipinski definition) is 2. The van der Waals surface area contributed by atoms with Crippen LogP contribution in [0.1, 0.15) is 47.1 Å². The van der Waals surface area contributed by atoms with Crippen molar-refractivity contribution in [1.82, 2.24) is 5.32 Å². The van der Waals surface area contributed by atoms with Crippen LogP contribution in [0.4, 0.5) is 5.69 Å². The fourth-order valence-electron chi connectivity index (χ4n) is 2.09. The second-order valence-electron chi connectivity index (χ2n) is 6.55. The first-order chi connectivity index (χ1) is 10.8. The van der Waals surface area contributed by atoms with Crippen molar-refractivity contribution in [3.8, 4) is 0 Å². The van der Waals surface area contributed by atoms with Crippen molar-refractivity contribution in [3.63, 3.8) is 0 Å². The zero-order chi connectivity index (χ0) is 17.0. The summed E-state index contributed by atoms with van der Waals surface area (Å²) < 4.78 is 0. The quantitative estimate of drug-likeness (QED) is 0.906. The van der Waals surface area contributed by atoms with Gasteiger partial charge >= 0.3 is 0 Å². The summed E-state index contributed by atoms with van der Waals surface area (Å²) in [5.74, 6) is -0.342. The molecule has 2 N–H and O–H groups in total. The SMILES string of the molecule is Cc1ccccc1NC(=O)c1ccc(C(=O)NC(C)(C)C)cc1. The van der Waals surface area contributed by atoms with Crippen molar-refractivity contribution in [2.45, 2.75) is 33.2 Å². The molecule has 0 spiro atoms. The predicted molar refractivity (Wildman–Crippen MR) is 92.8 cm³/mol.